The second-order valence-corrected chi connectivity index (χ2v) is 4.82. The summed E-state index contributed by atoms with van der Waals surface area (Å²) < 4.78 is 5.08. The van der Waals surface area contributed by atoms with Crippen LogP contribution in [0.3, 0.4) is 0 Å². The molecule has 1 atom stereocenters. The van der Waals surface area contributed by atoms with E-state index in [1.807, 2.05) is 4.90 Å². The Morgan fingerprint density at radius 3 is 2.67 bits per heavy atom. The van der Waals surface area contributed by atoms with Crippen LogP contribution in [0.2, 0.25) is 0 Å². The van der Waals surface area contributed by atoms with Crippen molar-refractivity contribution in [2.24, 2.45) is 11.1 Å². The Hall–Kier alpha value is -0.610. The number of carbonyl (C=O) groups excluding carboxylic acids is 1. The van der Waals surface area contributed by atoms with E-state index in [0.29, 0.717) is 5.41 Å². The first-order valence-electron chi connectivity index (χ1n) is 5.72. The summed E-state index contributed by atoms with van der Waals surface area (Å²) in [6.45, 7) is 2.09. The second kappa shape index (κ2) is 4.10. The van der Waals surface area contributed by atoms with Gasteiger partial charge < -0.3 is 15.4 Å². The summed E-state index contributed by atoms with van der Waals surface area (Å²) in [4.78, 5) is 13.9. The standard InChI is InChI=1S/C11H20N2O2/c1-15-9(7-12)10(14)13-6-5-11(8-13)3-2-4-11/h9H,2-8,12H2,1H3. The summed E-state index contributed by atoms with van der Waals surface area (Å²) in [5, 5.41) is 0. The molecule has 1 spiro atoms. The van der Waals surface area contributed by atoms with Gasteiger partial charge in [-0.1, -0.05) is 6.42 Å². The molecule has 0 radical (unpaired) electrons. The Labute approximate surface area is 90.8 Å². The van der Waals surface area contributed by atoms with Gasteiger partial charge in [0, 0.05) is 26.7 Å². The molecule has 0 aromatic heterocycles. The smallest absolute Gasteiger partial charge is 0.253 e. The van der Waals surface area contributed by atoms with Gasteiger partial charge in [-0.3, -0.25) is 4.79 Å². The van der Waals surface area contributed by atoms with Gasteiger partial charge in [-0.05, 0) is 24.7 Å². The molecule has 1 saturated carbocycles. The minimum atomic E-state index is -0.444. The monoisotopic (exact) mass is 212 g/mol. The minimum absolute atomic E-state index is 0.0729. The Balaban J connectivity index is 1.92. The molecule has 0 aromatic rings. The van der Waals surface area contributed by atoms with Crippen LogP contribution in [0.5, 0.6) is 0 Å². The molecular formula is C11H20N2O2. The van der Waals surface area contributed by atoms with E-state index in [4.69, 9.17) is 10.5 Å². The van der Waals surface area contributed by atoms with E-state index in [1.165, 1.54) is 25.7 Å². The summed E-state index contributed by atoms with van der Waals surface area (Å²) in [5.41, 5.74) is 5.95. The van der Waals surface area contributed by atoms with Gasteiger partial charge in [0.05, 0.1) is 0 Å². The first-order chi connectivity index (χ1) is 7.21. The van der Waals surface area contributed by atoms with Crippen molar-refractivity contribution in [2.75, 3.05) is 26.7 Å². The Morgan fingerprint density at radius 2 is 2.27 bits per heavy atom. The number of nitrogens with zero attached hydrogens (tertiary/aromatic N) is 1. The number of hydrogen-bond acceptors (Lipinski definition) is 3. The van der Waals surface area contributed by atoms with Crippen molar-refractivity contribution >= 4 is 5.91 Å². The number of hydrogen-bond donors (Lipinski definition) is 1. The zero-order chi connectivity index (χ0) is 10.9. The van der Waals surface area contributed by atoms with Crippen LogP contribution in [-0.2, 0) is 9.53 Å². The van der Waals surface area contributed by atoms with Crippen molar-refractivity contribution in [2.45, 2.75) is 31.8 Å². The maximum Gasteiger partial charge on any atom is 0.253 e. The van der Waals surface area contributed by atoms with Crippen molar-refractivity contribution in [1.29, 1.82) is 0 Å². The lowest BCUT2D eigenvalue weighted by Gasteiger charge is -2.38. The normalized spacial score (nSPS) is 25.3. The molecule has 2 N–H and O–H groups in total. The van der Waals surface area contributed by atoms with Crippen molar-refractivity contribution in [3.63, 3.8) is 0 Å². The van der Waals surface area contributed by atoms with Gasteiger partial charge in [-0.2, -0.15) is 0 Å². The number of carbonyl (C=O) groups is 1. The van der Waals surface area contributed by atoms with Gasteiger partial charge in [-0.15, -0.1) is 0 Å². The van der Waals surface area contributed by atoms with E-state index >= 15 is 0 Å². The topological polar surface area (TPSA) is 55.6 Å². The van der Waals surface area contributed by atoms with Gasteiger partial charge in [-0.25, -0.2) is 0 Å². The van der Waals surface area contributed by atoms with E-state index in [9.17, 15) is 4.79 Å². The summed E-state index contributed by atoms with van der Waals surface area (Å²) >= 11 is 0. The number of rotatable bonds is 3. The quantitative estimate of drug-likeness (QED) is 0.735. The molecule has 1 saturated heterocycles. The lowest BCUT2D eigenvalue weighted by molar-refractivity contribution is -0.140. The first-order valence-corrected chi connectivity index (χ1v) is 5.72. The summed E-state index contributed by atoms with van der Waals surface area (Å²) in [7, 11) is 1.55. The van der Waals surface area contributed by atoms with Gasteiger partial charge >= 0.3 is 0 Å². The van der Waals surface area contributed by atoms with Crippen LogP contribution in [0.1, 0.15) is 25.7 Å². The fraction of sp³-hybridized carbons (Fsp3) is 0.909. The number of amides is 1. The maximum absolute atomic E-state index is 12.0. The number of nitrogens with two attached hydrogens (primary N) is 1. The highest BCUT2D eigenvalue weighted by molar-refractivity contribution is 5.81. The van der Waals surface area contributed by atoms with Gasteiger partial charge in [0.25, 0.3) is 5.91 Å². The van der Waals surface area contributed by atoms with E-state index in [0.717, 1.165) is 13.1 Å². The molecular weight excluding hydrogens is 192 g/mol. The van der Waals surface area contributed by atoms with E-state index in [1.54, 1.807) is 7.11 Å². The van der Waals surface area contributed by atoms with E-state index in [-0.39, 0.29) is 12.5 Å². The molecule has 0 aromatic carbocycles. The van der Waals surface area contributed by atoms with Crippen LogP contribution in [0.15, 0.2) is 0 Å². The maximum atomic E-state index is 12.0. The van der Waals surface area contributed by atoms with Crippen LogP contribution in [0, 0.1) is 5.41 Å². The lowest BCUT2D eigenvalue weighted by atomic mass is 9.68. The largest absolute Gasteiger partial charge is 0.370 e. The highest BCUT2D eigenvalue weighted by atomic mass is 16.5. The van der Waals surface area contributed by atoms with Crippen LogP contribution in [0.25, 0.3) is 0 Å². The third-order valence-corrected chi connectivity index (χ3v) is 3.94. The highest BCUT2D eigenvalue weighted by Gasteiger charge is 2.44. The predicted octanol–water partition coefficient (Wildman–Crippen LogP) is 0.363. The fourth-order valence-corrected chi connectivity index (χ4v) is 2.71. The molecule has 4 nitrogen and oxygen atoms in total. The zero-order valence-electron chi connectivity index (χ0n) is 9.37. The Morgan fingerprint density at radius 1 is 1.53 bits per heavy atom. The number of likely N-dealkylation sites (tertiary alicyclic amines) is 1. The Bertz CT molecular complexity index is 247. The molecule has 1 unspecified atom stereocenters. The molecule has 1 heterocycles. The third kappa shape index (κ3) is 1.88. The van der Waals surface area contributed by atoms with E-state index in [2.05, 4.69) is 0 Å². The molecule has 2 rings (SSSR count). The molecule has 1 aliphatic heterocycles. The van der Waals surface area contributed by atoms with Gasteiger partial charge in [0.2, 0.25) is 0 Å². The van der Waals surface area contributed by atoms with Crippen LogP contribution in [-0.4, -0.2) is 43.7 Å². The average molecular weight is 212 g/mol. The lowest BCUT2D eigenvalue weighted by Crippen LogP contribution is -2.44. The first kappa shape index (κ1) is 10.9. The SMILES string of the molecule is COC(CN)C(=O)N1CCC2(CCC2)C1. The van der Waals surface area contributed by atoms with Gasteiger partial charge in [0.1, 0.15) is 6.10 Å². The highest BCUT2D eigenvalue weighted by Crippen LogP contribution is 2.47. The molecule has 2 fully saturated rings. The third-order valence-electron chi connectivity index (χ3n) is 3.94. The number of ether oxygens (including phenoxy) is 1. The second-order valence-electron chi connectivity index (χ2n) is 4.82. The van der Waals surface area contributed by atoms with Crippen LogP contribution >= 0.6 is 0 Å². The molecule has 2 aliphatic rings. The molecule has 1 aliphatic carbocycles. The fourth-order valence-electron chi connectivity index (χ4n) is 2.71. The Kier molecular flexibility index (Phi) is 2.98. The molecule has 1 amide bonds. The number of methoxy groups -OCH3 is 1. The summed E-state index contributed by atoms with van der Waals surface area (Å²) in [6.07, 6.45) is 4.63. The zero-order valence-corrected chi connectivity index (χ0v) is 9.37. The van der Waals surface area contributed by atoms with Crippen molar-refractivity contribution < 1.29 is 9.53 Å². The average Bonchev–Trinajstić information content (AvgIpc) is 2.63. The van der Waals surface area contributed by atoms with E-state index < -0.39 is 6.10 Å². The van der Waals surface area contributed by atoms with Crippen LogP contribution in [0.4, 0.5) is 0 Å². The molecule has 15 heavy (non-hydrogen) atoms. The van der Waals surface area contributed by atoms with Crippen LogP contribution < -0.4 is 5.73 Å². The molecule has 86 valence electrons. The van der Waals surface area contributed by atoms with Crippen molar-refractivity contribution in [3.8, 4) is 0 Å². The summed E-state index contributed by atoms with van der Waals surface area (Å²) in [5.74, 6) is 0.0729. The minimum Gasteiger partial charge on any atom is -0.370 e. The van der Waals surface area contributed by atoms with Gasteiger partial charge in [0.15, 0.2) is 0 Å². The summed E-state index contributed by atoms with van der Waals surface area (Å²) in [6, 6.07) is 0. The van der Waals surface area contributed by atoms with Crippen molar-refractivity contribution in [1.82, 2.24) is 4.90 Å². The molecule has 0 bridgehead atoms. The molecule has 4 heteroatoms. The van der Waals surface area contributed by atoms with Crippen molar-refractivity contribution in [3.05, 3.63) is 0 Å². The predicted molar refractivity (Wildman–Crippen MR) is 57.3 cm³/mol.